The van der Waals surface area contributed by atoms with Crippen LogP contribution in [0.15, 0.2) is 24.4 Å². The smallest absolute Gasteiger partial charge is 0.223 e. The highest BCUT2D eigenvalue weighted by Gasteiger charge is 2.12. The molecule has 1 fully saturated rings. The molecule has 0 bridgehead atoms. The highest BCUT2D eigenvalue weighted by atomic mass is 15.1. The SMILES string of the molecule is CCc1cnc(NCc2cc(C)cc(C)c2)nc1CCNC1CCCNC1. The van der Waals surface area contributed by atoms with E-state index in [0.29, 0.717) is 6.04 Å². The first-order chi connectivity index (χ1) is 13.1. The average Bonchev–Trinajstić information content (AvgIpc) is 2.67. The normalized spacial score (nSPS) is 17.1. The molecule has 0 spiro atoms. The van der Waals surface area contributed by atoms with Gasteiger partial charge in [-0.25, -0.2) is 9.97 Å². The summed E-state index contributed by atoms with van der Waals surface area (Å²) in [6.45, 7) is 10.4. The molecule has 3 N–H and O–H groups in total. The van der Waals surface area contributed by atoms with Crippen LogP contribution < -0.4 is 16.0 Å². The first-order valence-electron chi connectivity index (χ1n) is 10.2. The molecule has 1 aromatic heterocycles. The minimum absolute atomic E-state index is 0.591. The van der Waals surface area contributed by atoms with E-state index < -0.39 is 0 Å². The topological polar surface area (TPSA) is 61.9 Å². The number of nitrogens with one attached hydrogen (secondary N) is 3. The molecule has 1 saturated heterocycles. The quantitative estimate of drug-likeness (QED) is 0.669. The van der Waals surface area contributed by atoms with Gasteiger partial charge in [0.25, 0.3) is 0 Å². The number of hydrogen-bond donors (Lipinski definition) is 3. The van der Waals surface area contributed by atoms with Crippen molar-refractivity contribution in [1.82, 2.24) is 20.6 Å². The maximum Gasteiger partial charge on any atom is 0.223 e. The summed E-state index contributed by atoms with van der Waals surface area (Å²) in [7, 11) is 0. The third-order valence-electron chi connectivity index (χ3n) is 5.16. The van der Waals surface area contributed by atoms with E-state index >= 15 is 0 Å². The second-order valence-electron chi connectivity index (χ2n) is 7.62. The van der Waals surface area contributed by atoms with Crippen molar-refractivity contribution in [2.75, 3.05) is 25.0 Å². The average molecular weight is 368 g/mol. The lowest BCUT2D eigenvalue weighted by Crippen LogP contribution is -2.43. The predicted molar refractivity (Wildman–Crippen MR) is 112 cm³/mol. The van der Waals surface area contributed by atoms with Gasteiger partial charge in [0, 0.05) is 38.3 Å². The molecule has 2 aromatic rings. The molecule has 5 heteroatoms. The summed E-state index contributed by atoms with van der Waals surface area (Å²) in [5, 5.41) is 10.5. The molecule has 0 amide bonds. The van der Waals surface area contributed by atoms with Crippen molar-refractivity contribution in [3.05, 3.63) is 52.3 Å². The standard InChI is InChI=1S/C22H33N5/c1-4-19-14-26-22(25-13-18-11-16(2)10-17(3)12-18)27-21(19)7-9-24-20-6-5-8-23-15-20/h10-12,14,20,23-24H,4-9,13,15H2,1-3H3,(H,25,26,27). The number of aryl methyl sites for hydroxylation is 3. The zero-order valence-corrected chi connectivity index (χ0v) is 16.9. The Balaban J connectivity index is 1.58. The summed E-state index contributed by atoms with van der Waals surface area (Å²) in [5.74, 6) is 0.723. The molecule has 146 valence electrons. The Bertz CT molecular complexity index is 717. The molecular weight excluding hydrogens is 334 g/mol. The van der Waals surface area contributed by atoms with Gasteiger partial charge >= 0.3 is 0 Å². The maximum absolute atomic E-state index is 4.81. The Labute approximate surface area is 163 Å². The number of rotatable bonds is 8. The van der Waals surface area contributed by atoms with E-state index in [0.717, 1.165) is 50.7 Å². The summed E-state index contributed by atoms with van der Waals surface area (Å²) >= 11 is 0. The van der Waals surface area contributed by atoms with Crippen molar-refractivity contribution < 1.29 is 0 Å². The van der Waals surface area contributed by atoms with Crippen LogP contribution in [0.3, 0.4) is 0 Å². The van der Waals surface area contributed by atoms with Crippen LogP contribution in [0.5, 0.6) is 0 Å². The lowest BCUT2D eigenvalue weighted by atomic mass is 10.1. The molecule has 1 aliphatic heterocycles. The van der Waals surface area contributed by atoms with Crippen LogP contribution in [0.1, 0.15) is 47.7 Å². The number of benzene rings is 1. The number of piperidine rings is 1. The molecule has 27 heavy (non-hydrogen) atoms. The van der Waals surface area contributed by atoms with E-state index in [2.05, 4.69) is 59.9 Å². The van der Waals surface area contributed by atoms with Crippen LogP contribution in [-0.2, 0) is 19.4 Å². The van der Waals surface area contributed by atoms with Crippen LogP contribution in [0.2, 0.25) is 0 Å². The molecule has 0 radical (unpaired) electrons. The van der Waals surface area contributed by atoms with Crippen LogP contribution in [0, 0.1) is 13.8 Å². The summed E-state index contributed by atoms with van der Waals surface area (Å²) in [5.41, 5.74) is 6.25. The second kappa shape index (κ2) is 9.81. The summed E-state index contributed by atoms with van der Waals surface area (Å²) in [6.07, 6.45) is 6.42. The van der Waals surface area contributed by atoms with E-state index in [9.17, 15) is 0 Å². The molecule has 1 atom stereocenters. The third-order valence-corrected chi connectivity index (χ3v) is 5.16. The fourth-order valence-electron chi connectivity index (χ4n) is 3.81. The number of anilines is 1. The molecule has 1 unspecified atom stereocenters. The lowest BCUT2D eigenvalue weighted by Gasteiger charge is -2.24. The van der Waals surface area contributed by atoms with Crippen LogP contribution >= 0.6 is 0 Å². The highest BCUT2D eigenvalue weighted by Crippen LogP contribution is 2.13. The van der Waals surface area contributed by atoms with Crippen molar-refractivity contribution in [1.29, 1.82) is 0 Å². The monoisotopic (exact) mass is 367 g/mol. The lowest BCUT2D eigenvalue weighted by molar-refractivity contribution is 0.391. The van der Waals surface area contributed by atoms with Gasteiger partial charge < -0.3 is 16.0 Å². The van der Waals surface area contributed by atoms with E-state index in [1.807, 2.05) is 6.20 Å². The number of aromatic nitrogens is 2. The molecule has 0 aliphatic carbocycles. The Morgan fingerprint density at radius 3 is 2.70 bits per heavy atom. The Morgan fingerprint density at radius 2 is 2.00 bits per heavy atom. The largest absolute Gasteiger partial charge is 0.350 e. The maximum atomic E-state index is 4.81. The first kappa shape index (κ1) is 19.8. The summed E-state index contributed by atoms with van der Waals surface area (Å²) in [6, 6.07) is 7.21. The second-order valence-corrected chi connectivity index (χ2v) is 7.62. The van der Waals surface area contributed by atoms with Gasteiger partial charge in [-0.05, 0) is 50.8 Å². The molecule has 1 aromatic carbocycles. The fraction of sp³-hybridized carbons (Fsp3) is 0.545. The van der Waals surface area contributed by atoms with Gasteiger partial charge in [-0.3, -0.25) is 0 Å². The van der Waals surface area contributed by atoms with E-state index in [1.165, 1.54) is 35.1 Å². The Kier molecular flexibility index (Phi) is 7.18. The minimum atomic E-state index is 0.591. The van der Waals surface area contributed by atoms with Crippen molar-refractivity contribution >= 4 is 5.95 Å². The highest BCUT2D eigenvalue weighted by molar-refractivity contribution is 5.34. The van der Waals surface area contributed by atoms with E-state index in [4.69, 9.17) is 4.98 Å². The van der Waals surface area contributed by atoms with Gasteiger partial charge in [0.05, 0.1) is 5.69 Å². The van der Waals surface area contributed by atoms with Crippen molar-refractivity contribution in [3.8, 4) is 0 Å². The molecule has 5 nitrogen and oxygen atoms in total. The van der Waals surface area contributed by atoms with Crippen LogP contribution in [0.25, 0.3) is 0 Å². The molecule has 2 heterocycles. The minimum Gasteiger partial charge on any atom is -0.350 e. The number of hydrogen-bond acceptors (Lipinski definition) is 5. The summed E-state index contributed by atoms with van der Waals surface area (Å²) < 4.78 is 0. The predicted octanol–water partition coefficient (Wildman–Crippen LogP) is 3.15. The van der Waals surface area contributed by atoms with Gasteiger partial charge in [0.1, 0.15) is 0 Å². The number of nitrogens with zero attached hydrogens (tertiary/aromatic N) is 2. The van der Waals surface area contributed by atoms with Gasteiger partial charge in [-0.15, -0.1) is 0 Å². The van der Waals surface area contributed by atoms with Gasteiger partial charge in [0.15, 0.2) is 0 Å². The van der Waals surface area contributed by atoms with Gasteiger partial charge in [-0.2, -0.15) is 0 Å². The zero-order chi connectivity index (χ0) is 19.1. The molecule has 0 saturated carbocycles. The van der Waals surface area contributed by atoms with Crippen molar-refractivity contribution in [2.45, 2.75) is 59.0 Å². The van der Waals surface area contributed by atoms with E-state index in [1.54, 1.807) is 0 Å². The molecule has 3 rings (SSSR count). The van der Waals surface area contributed by atoms with Crippen molar-refractivity contribution in [3.63, 3.8) is 0 Å². The van der Waals surface area contributed by atoms with Gasteiger partial charge in [0.2, 0.25) is 5.95 Å². The Morgan fingerprint density at radius 1 is 1.19 bits per heavy atom. The first-order valence-corrected chi connectivity index (χ1v) is 10.2. The van der Waals surface area contributed by atoms with Crippen molar-refractivity contribution in [2.24, 2.45) is 0 Å². The zero-order valence-electron chi connectivity index (χ0n) is 16.9. The molecule has 1 aliphatic rings. The fourth-order valence-corrected chi connectivity index (χ4v) is 3.81. The van der Waals surface area contributed by atoms with E-state index in [-0.39, 0.29) is 0 Å². The Hall–Kier alpha value is -1.98. The summed E-state index contributed by atoms with van der Waals surface area (Å²) in [4.78, 5) is 9.32. The van der Waals surface area contributed by atoms with Crippen LogP contribution in [0.4, 0.5) is 5.95 Å². The van der Waals surface area contributed by atoms with Gasteiger partial charge in [-0.1, -0.05) is 36.2 Å². The molecular formula is C22H33N5. The third kappa shape index (κ3) is 6.01. The van der Waals surface area contributed by atoms with Crippen LogP contribution in [-0.4, -0.2) is 35.6 Å².